The maximum Gasteiger partial charge on any atom is 0.255 e. The van der Waals surface area contributed by atoms with Crippen molar-refractivity contribution in [3.8, 4) is 0 Å². The molecule has 6 heteroatoms. The van der Waals surface area contributed by atoms with E-state index in [1.807, 2.05) is 0 Å². The number of rotatable bonds is 1. The van der Waals surface area contributed by atoms with Crippen molar-refractivity contribution in [3.05, 3.63) is 28.8 Å². The third kappa shape index (κ3) is 2.72. The SMILES string of the molecule is Nc1ccc(Cl)c(C(=O)N2CCC(F)(F)CC2)c1. The molecule has 0 aliphatic carbocycles. The molecule has 1 aromatic carbocycles. The van der Waals surface area contributed by atoms with E-state index in [1.54, 1.807) is 6.07 Å². The quantitative estimate of drug-likeness (QED) is 0.801. The summed E-state index contributed by atoms with van der Waals surface area (Å²) in [6, 6.07) is 4.59. The number of nitrogens with zero attached hydrogens (tertiary/aromatic N) is 1. The number of piperidine rings is 1. The van der Waals surface area contributed by atoms with Gasteiger partial charge in [-0.1, -0.05) is 11.6 Å². The second kappa shape index (κ2) is 4.72. The van der Waals surface area contributed by atoms with Crippen LogP contribution >= 0.6 is 11.6 Å². The van der Waals surface area contributed by atoms with Gasteiger partial charge in [0.2, 0.25) is 0 Å². The van der Waals surface area contributed by atoms with Crippen molar-refractivity contribution in [1.82, 2.24) is 4.90 Å². The van der Waals surface area contributed by atoms with Crippen molar-refractivity contribution in [2.75, 3.05) is 18.8 Å². The van der Waals surface area contributed by atoms with Gasteiger partial charge in [-0.3, -0.25) is 4.79 Å². The van der Waals surface area contributed by atoms with Crippen LogP contribution in [0.25, 0.3) is 0 Å². The number of alkyl halides is 2. The standard InChI is InChI=1S/C12H13ClF2N2O/c13-10-2-1-8(16)7-9(10)11(18)17-5-3-12(14,15)4-6-17/h1-2,7H,3-6,16H2. The smallest absolute Gasteiger partial charge is 0.255 e. The summed E-state index contributed by atoms with van der Waals surface area (Å²) in [5, 5.41) is 0.284. The van der Waals surface area contributed by atoms with E-state index in [2.05, 4.69) is 0 Å². The number of halogens is 3. The average molecular weight is 275 g/mol. The van der Waals surface area contributed by atoms with Crippen LogP contribution in [0.1, 0.15) is 23.2 Å². The van der Waals surface area contributed by atoms with Crippen molar-refractivity contribution in [1.29, 1.82) is 0 Å². The fraction of sp³-hybridized carbons (Fsp3) is 0.417. The summed E-state index contributed by atoms with van der Waals surface area (Å²) in [6.07, 6.45) is -0.614. The summed E-state index contributed by atoms with van der Waals surface area (Å²) in [5.74, 6) is -3.01. The molecule has 0 radical (unpaired) electrons. The van der Waals surface area contributed by atoms with Gasteiger partial charge in [0.25, 0.3) is 11.8 Å². The minimum atomic E-state index is -2.67. The van der Waals surface area contributed by atoms with Crippen molar-refractivity contribution < 1.29 is 13.6 Å². The van der Waals surface area contributed by atoms with Gasteiger partial charge in [-0.2, -0.15) is 0 Å². The molecule has 0 unspecified atom stereocenters. The zero-order chi connectivity index (χ0) is 13.3. The van der Waals surface area contributed by atoms with Gasteiger partial charge in [0, 0.05) is 31.6 Å². The van der Waals surface area contributed by atoms with Crippen LogP contribution < -0.4 is 5.73 Å². The second-order valence-corrected chi connectivity index (χ2v) is 4.79. The molecular weight excluding hydrogens is 262 g/mol. The Labute approximate surface area is 109 Å². The summed E-state index contributed by atoms with van der Waals surface area (Å²) in [6.45, 7) is 0.0773. The second-order valence-electron chi connectivity index (χ2n) is 4.39. The summed E-state index contributed by atoms with van der Waals surface area (Å²) >= 11 is 5.92. The van der Waals surface area contributed by atoms with Gasteiger partial charge >= 0.3 is 0 Å². The predicted octanol–water partition coefficient (Wildman–Crippen LogP) is 2.79. The Kier molecular flexibility index (Phi) is 3.43. The highest BCUT2D eigenvalue weighted by Gasteiger charge is 2.36. The lowest BCUT2D eigenvalue weighted by atomic mass is 10.1. The maximum atomic E-state index is 13.0. The van der Waals surface area contributed by atoms with Crippen molar-refractivity contribution in [2.24, 2.45) is 0 Å². The number of hydrogen-bond acceptors (Lipinski definition) is 2. The molecule has 2 N–H and O–H groups in total. The molecule has 98 valence electrons. The van der Waals surface area contributed by atoms with Gasteiger partial charge in [-0.05, 0) is 18.2 Å². The van der Waals surface area contributed by atoms with Crippen LogP contribution in [0.5, 0.6) is 0 Å². The minimum Gasteiger partial charge on any atom is -0.399 e. The average Bonchev–Trinajstić information content (AvgIpc) is 2.31. The number of likely N-dealkylation sites (tertiary alicyclic amines) is 1. The van der Waals surface area contributed by atoms with Crippen LogP contribution in [0.2, 0.25) is 5.02 Å². The highest BCUT2D eigenvalue weighted by Crippen LogP contribution is 2.29. The Hall–Kier alpha value is -1.36. The zero-order valence-electron chi connectivity index (χ0n) is 9.63. The number of nitrogens with two attached hydrogens (primary N) is 1. The Morgan fingerprint density at radius 1 is 1.33 bits per heavy atom. The van der Waals surface area contributed by atoms with Gasteiger partial charge in [-0.15, -0.1) is 0 Å². The molecule has 18 heavy (non-hydrogen) atoms. The lowest BCUT2D eigenvalue weighted by Crippen LogP contribution is -2.42. The highest BCUT2D eigenvalue weighted by atomic mass is 35.5. The van der Waals surface area contributed by atoms with E-state index in [1.165, 1.54) is 17.0 Å². The highest BCUT2D eigenvalue weighted by molar-refractivity contribution is 6.34. The van der Waals surface area contributed by atoms with Gasteiger partial charge in [-0.25, -0.2) is 8.78 Å². The molecule has 0 spiro atoms. The topological polar surface area (TPSA) is 46.3 Å². The summed E-state index contributed by atoms with van der Waals surface area (Å²) in [5.41, 5.74) is 6.28. The van der Waals surface area contributed by atoms with Gasteiger partial charge in [0.15, 0.2) is 0 Å². The monoisotopic (exact) mass is 274 g/mol. The van der Waals surface area contributed by atoms with E-state index < -0.39 is 5.92 Å². The molecule has 1 fully saturated rings. The van der Waals surface area contributed by atoms with Crippen LogP contribution in [-0.4, -0.2) is 29.8 Å². The molecule has 1 saturated heterocycles. The number of anilines is 1. The van der Waals surface area contributed by atoms with E-state index in [9.17, 15) is 13.6 Å². The Morgan fingerprint density at radius 2 is 1.94 bits per heavy atom. The molecule has 1 amide bonds. The van der Waals surface area contributed by atoms with Crippen molar-refractivity contribution >= 4 is 23.2 Å². The van der Waals surface area contributed by atoms with Crippen molar-refractivity contribution in [3.63, 3.8) is 0 Å². The first-order valence-electron chi connectivity index (χ1n) is 5.61. The Balaban J connectivity index is 2.15. The summed E-state index contributed by atoms with van der Waals surface area (Å²) in [4.78, 5) is 13.5. The van der Waals surface area contributed by atoms with Crippen LogP contribution in [-0.2, 0) is 0 Å². The molecule has 3 nitrogen and oxygen atoms in total. The molecule has 0 atom stereocenters. The number of carbonyl (C=O) groups excluding carboxylic acids is 1. The summed E-state index contributed by atoms with van der Waals surface area (Å²) < 4.78 is 26.0. The largest absolute Gasteiger partial charge is 0.399 e. The fourth-order valence-electron chi connectivity index (χ4n) is 1.91. The lowest BCUT2D eigenvalue weighted by molar-refractivity contribution is -0.0494. The lowest BCUT2D eigenvalue weighted by Gasteiger charge is -2.32. The van der Waals surface area contributed by atoms with Gasteiger partial charge < -0.3 is 10.6 Å². The first-order chi connectivity index (χ1) is 8.39. The van der Waals surface area contributed by atoms with Crippen molar-refractivity contribution in [2.45, 2.75) is 18.8 Å². The third-order valence-corrected chi connectivity index (χ3v) is 3.33. The minimum absolute atomic E-state index is 0.0387. The first-order valence-corrected chi connectivity index (χ1v) is 5.99. The van der Waals surface area contributed by atoms with Gasteiger partial charge in [0.05, 0.1) is 10.6 Å². The molecule has 0 saturated carbocycles. The molecule has 1 aliphatic rings. The first kappa shape index (κ1) is 13.1. The van der Waals surface area contributed by atoms with Crippen LogP contribution in [0.15, 0.2) is 18.2 Å². The Morgan fingerprint density at radius 3 is 2.56 bits per heavy atom. The molecule has 1 heterocycles. The van der Waals surface area contributed by atoms with E-state index in [4.69, 9.17) is 17.3 Å². The maximum absolute atomic E-state index is 13.0. The fourth-order valence-corrected chi connectivity index (χ4v) is 2.11. The van der Waals surface area contributed by atoms with E-state index >= 15 is 0 Å². The molecule has 2 rings (SSSR count). The zero-order valence-corrected chi connectivity index (χ0v) is 10.4. The van der Waals surface area contributed by atoms with E-state index in [-0.39, 0.29) is 42.4 Å². The Bertz CT molecular complexity index is 469. The number of carbonyl (C=O) groups is 1. The van der Waals surface area contributed by atoms with E-state index in [0.29, 0.717) is 5.69 Å². The molecule has 1 aromatic rings. The third-order valence-electron chi connectivity index (χ3n) is 3.00. The van der Waals surface area contributed by atoms with E-state index in [0.717, 1.165) is 0 Å². The molecular formula is C12H13ClF2N2O. The normalized spacial score (nSPS) is 18.7. The van der Waals surface area contributed by atoms with Crippen LogP contribution in [0.3, 0.4) is 0 Å². The number of hydrogen-bond donors (Lipinski definition) is 1. The summed E-state index contributed by atoms with van der Waals surface area (Å²) in [7, 11) is 0. The molecule has 0 aromatic heterocycles. The molecule has 0 bridgehead atoms. The molecule has 1 aliphatic heterocycles. The number of amides is 1. The predicted molar refractivity (Wildman–Crippen MR) is 65.9 cm³/mol. The van der Waals surface area contributed by atoms with Gasteiger partial charge in [0.1, 0.15) is 0 Å². The van der Waals surface area contributed by atoms with Crippen LogP contribution in [0.4, 0.5) is 14.5 Å². The van der Waals surface area contributed by atoms with Crippen LogP contribution in [0, 0.1) is 0 Å². The number of nitrogen functional groups attached to an aromatic ring is 1. The number of benzene rings is 1.